The Bertz CT molecular complexity index is 1040. The summed E-state index contributed by atoms with van der Waals surface area (Å²) < 4.78 is 6.12. The third kappa shape index (κ3) is 5.73. The Morgan fingerprint density at radius 3 is 2.71 bits per heavy atom. The van der Waals surface area contributed by atoms with E-state index in [1.807, 2.05) is 36.4 Å². The molecule has 0 fully saturated rings. The number of amides is 2. The van der Waals surface area contributed by atoms with Crippen LogP contribution in [0.25, 0.3) is 0 Å². The largest absolute Gasteiger partial charge is 0.390 e. The number of ether oxygens (including phenoxy) is 1. The molecule has 2 aliphatic rings. The van der Waals surface area contributed by atoms with Gasteiger partial charge in [0.1, 0.15) is 5.92 Å². The number of allylic oxidation sites excluding steroid dienone is 1. The quantitative estimate of drug-likeness (QED) is 0.412. The average Bonchev–Trinajstić information content (AvgIpc) is 3.15. The van der Waals surface area contributed by atoms with Gasteiger partial charge in [-0.15, -0.1) is 0 Å². The van der Waals surface area contributed by atoms with Crippen LogP contribution in [-0.2, 0) is 20.7 Å². The van der Waals surface area contributed by atoms with Crippen molar-refractivity contribution in [1.29, 1.82) is 0 Å². The van der Waals surface area contributed by atoms with Crippen molar-refractivity contribution in [3.8, 4) is 0 Å². The van der Waals surface area contributed by atoms with Crippen LogP contribution >= 0.6 is 0 Å². The number of aliphatic hydroxyl groups is 1. The fourth-order valence-corrected chi connectivity index (χ4v) is 4.77. The maximum absolute atomic E-state index is 13.0. The van der Waals surface area contributed by atoms with E-state index in [1.165, 1.54) is 11.1 Å². The van der Waals surface area contributed by atoms with Crippen LogP contribution in [0.3, 0.4) is 0 Å². The van der Waals surface area contributed by atoms with Gasteiger partial charge in [0.15, 0.2) is 0 Å². The van der Waals surface area contributed by atoms with Crippen molar-refractivity contribution in [2.24, 2.45) is 11.7 Å². The summed E-state index contributed by atoms with van der Waals surface area (Å²) in [6.45, 7) is 2.72. The van der Waals surface area contributed by atoms with E-state index in [0.717, 1.165) is 17.5 Å². The maximum atomic E-state index is 13.0. The van der Waals surface area contributed by atoms with E-state index in [4.69, 9.17) is 10.5 Å². The SMILES string of the molecule is Cc1ccc2c(c1)[C@H]1C[C@@H]2OC/C=C/C[C@@H](C(N)=O)C(=O)N[C@@H](Cc2ccccc2)[C@H](O)CN1. The molecule has 2 aromatic rings. The number of hydrogen-bond acceptors (Lipinski definition) is 5. The molecule has 2 aromatic carbocycles. The van der Waals surface area contributed by atoms with E-state index >= 15 is 0 Å². The van der Waals surface area contributed by atoms with E-state index in [-0.39, 0.29) is 25.1 Å². The van der Waals surface area contributed by atoms with Crippen LogP contribution in [0.4, 0.5) is 0 Å². The van der Waals surface area contributed by atoms with Gasteiger partial charge in [0.25, 0.3) is 0 Å². The normalized spacial score (nSPS) is 28.8. The molecule has 1 aliphatic heterocycles. The second-order valence-electron chi connectivity index (χ2n) is 9.19. The summed E-state index contributed by atoms with van der Waals surface area (Å²) in [4.78, 5) is 25.0. The molecule has 4 rings (SSSR count). The van der Waals surface area contributed by atoms with Crippen molar-refractivity contribution in [3.05, 3.63) is 82.9 Å². The summed E-state index contributed by atoms with van der Waals surface area (Å²) in [7, 11) is 0. The highest BCUT2D eigenvalue weighted by Gasteiger charge is 2.33. The maximum Gasteiger partial charge on any atom is 0.233 e. The highest BCUT2D eigenvalue weighted by Crippen LogP contribution is 2.41. The standard InChI is InChI=1S/C27H33N3O4/c1-17-10-11-19-21(13-17)22-15-25(19)34-12-6-5-9-20(26(28)32)27(33)30-23(24(31)16-29-22)14-18-7-3-2-4-8-18/h2-8,10-11,13,20,22-25,29,31H,9,12,14-16H2,1H3,(H2,28,32)(H,30,33)/b6-5+/t20-,22+,23-,24+,25-/m0/s1. The molecule has 5 atom stereocenters. The Labute approximate surface area is 200 Å². The molecular weight excluding hydrogens is 430 g/mol. The van der Waals surface area contributed by atoms with E-state index in [0.29, 0.717) is 13.0 Å². The molecule has 34 heavy (non-hydrogen) atoms. The minimum absolute atomic E-state index is 0.0371. The van der Waals surface area contributed by atoms with Crippen molar-refractivity contribution in [2.75, 3.05) is 13.2 Å². The molecule has 7 nitrogen and oxygen atoms in total. The molecule has 1 aliphatic carbocycles. The predicted octanol–water partition coefficient (Wildman–Crippen LogP) is 2.24. The number of nitrogens with two attached hydrogens (primary N) is 1. The zero-order valence-electron chi connectivity index (χ0n) is 19.4. The van der Waals surface area contributed by atoms with Gasteiger partial charge in [0.05, 0.1) is 24.9 Å². The number of primary amides is 1. The number of carbonyl (C=O) groups excluding carboxylic acids is 2. The molecule has 0 unspecified atom stereocenters. The van der Waals surface area contributed by atoms with Crippen LogP contribution in [0.1, 0.15) is 47.2 Å². The number of aryl methyl sites for hydroxylation is 1. The molecular formula is C27H33N3O4. The van der Waals surface area contributed by atoms with Crippen molar-refractivity contribution in [2.45, 2.75) is 50.5 Å². The molecule has 0 radical (unpaired) electrons. The first-order valence-electron chi connectivity index (χ1n) is 11.8. The highest BCUT2D eigenvalue weighted by molar-refractivity contribution is 5.99. The van der Waals surface area contributed by atoms with Crippen molar-refractivity contribution < 1.29 is 19.4 Å². The van der Waals surface area contributed by atoms with Crippen molar-refractivity contribution in [3.63, 3.8) is 0 Å². The smallest absolute Gasteiger partial charge is 0.233 e. The van der Waals surface area contributed by atoms with Gasteiger partial charge in [-0.3, -0.25) is 9.59 Å². The number of hydrogen-bond donors (Lipinski definition) is 4. The summed E-state index contributed by atoms with van der Waals surface area (Å²) in [6, 6.07) is 15.5. The van der Waals surface area contributed by atoms with E-state index in [2.05, 4.69) is 35.8 Å². The lowest BCUT2D eigenvalue weighted by atomic mass is 9.97. The zero-order chi connectivity index (χ0) is 24.1. The number of fused-ring (bicyclic) bond motifs is 5. The van der Waals surface area contributed by atoms with Gasteiger partial charge in [-0.2, -0.15) is 0 Å². The first kappa shape index (κ1) is 24.1. The first-order chi connectivity index (χ1) is 16.4. The van der Waals surface area contributed by atoms with Gasteiger partial charge < -0.3 is 26.2 Å². The van der Waals surface area contributed by atoms with Crippen LogP contribution in [0.15, 0.2) is 60.7 Å². The second-order valence-corrected chi connectivity index (χ2v) is 9.19. The van der Waals surface area contributed by atoms with Gasteiger partial charge in [-0.05, 0) is 42.9 Å². The Kier molecular flexibility index (Phi) is 7.77. The molecule has 180 valence electrons. The Morgan fingerprint density at radius 1 is 1.15 bits per heavy atom. The van der Waals surface area contributed by atoms with Gasteiger partial charge in [0.2, 0.25) is 11.8 Å². The zero-order valence-corrected chi connectivity index (χ0v) is 19.4. The Balaban J connectivity index is 1.61. The monoisotopic (exact) mass is 463 g/mol. The first-order valence-corrected chi connectivity index (χ1v) is 11.8. The minimum atomic E-state index is -1.01. The number of β-amino-alcohol motifs (C(OH)–C–C–N with tert-alkyl or cyclic N) is 1. The Hall–Kier alpha value is -3.00. The second kappa shape index (κ2) is 11.0. The number of carbonyl (C=O) groups is 2. The summed E-state index contributed by atoms with van der Waals surface area (Å²) in [5, 5.41) is 17.5. The minimum Gasteiger partial charge on any atom is -0.390 e. The van der Waals surface area contributed by atoms with Gasteiger partial charge in [-0.25, -0.2) is 0 Å². The van der Waals surface area contributed by atoms with Crippen LogP contribution in [0.5, 0.6) is 0 Å². The van der Waals surface area contributed by atoms with E-state index in [1.54, 1.807) is 6.08 Å². The van der Waals surface area contributed by atoms with Crippen molar-refractivity contribution in [1.82, 2.24) is 10.6 Å². The third-order valence-corrected chi connectivity index (χ3v) is 6.67. The summed E-state index contributed by atoms with van der Waals surface area (Å²) >= 11 is 0. The molecule has 0 saturated carbocycles. The molecule has 7 heteroatoms. The van der Waals surface area contributed by atoms with Gasteiger partial charge in [-0.1, -0.05) is 66.2 Å². The third-order valence-electron chi connectivity index (χ3n) is 6.67. The number of nitrogens with one attached hydrogen (secondary N) is 2. The summed E-state index contributed by atoms with van der Waals surface area (Å²) in [5.41, 5.74) is 10.0. The molecule has 0 spiro atoms. The van der Waals surface area contributed by atoms with Crippen LogP contribution in [0.2, 0.25) is 0 Å². The number of rotatable bonds is 3. The Morgan fingerprint density at radius 2 is 1.94 bits per heavy atom. The number of aliphatic hydroxyl groups excluding tert-OH is 1. The van der Waals surface area contributed by atoms with E-state index < -0.39 is 29.9 Å². The van der Waals surface area contributed by atoms with Gasteiger partial charge in [0, 0.05) is 12.6 Å². The molecule has 1 heterocycles. The topological polar surface area (TPSA) is 114 Å². The van der Waals surface area contributed by atoms with Crippen LogP contribution in [0, 0.1) is 12.8 Å². The van der Waals surface area contributed by atoms with Crippen LogP contribution in [-0.4, -0.2) is 42.2 Å². The molecule has 2 amide bonds. The van der Waals surface area contributed by atoms with Crippen LogP contribution < -0.4 is 16.4 Å². The van der Waals surface area contributed by atoms with E-state index in [9.17, 15) is 14.7 Å². The number of benzene rings is 2. The summed E-state index contributed by atoms with van der Waals surface area (Å²) in [6.07, 6.45) is 4.03. The fourth-order valence-electron chi connectivity index (χ4n) is 4.77. The summed E-state index contributed by atoms with van der Waals surface area (Å²) in [5.74, 6) is -2.18. The molecule has 2 bridgehead atoms. The lowest BCUT2D eigenvalue weighted by Gasteiger charge is -2.27. The predicted molar refractivity (Wildman–Crippen MR) is 130 cm³/mol. The fraction of sp³-hybridized carbons (Fsp3) is 0.407. The molecule has 5 N–H and O–H groups in total. The highest BCUT2D eigenvalue weighted by atomic mass is 16.5. The molecule has 0 aromatic heterocycles. The van der Waals surface area contributed by atoms with Gasteiger partial charge >= 0.3 is 0 Å². The lowest BCUT2D eigenvalue weighted by Crippen LogP contribution is -2.52. The average molecular weight is 464 g/mol. The van der Waals surface area contributed by atoms with Crippen molar-refractivity contribution >= 4 is 11.8 Å². The molecule has 0 saturated heterocycles. The lowest BCUT2D eigenvalue weighted by molar-refractivity contribution is -0.134.